The van der Waals surface area contributed by atoms with Gasteiger partial charge in [-0.3, -0.25) is 0 Å². The number of hydrogen-bond acceptors (Lipinski definition) is 4. The summed E-state index contributed by atoms with van der Waals surface area (Å²) in [6, 6.07) is 67.1. The summed E-state index contributed by atoms with van der Waals surface area (Å²) in [5.41, 5.74) is 11.5. The van der Waals surface area contributed by atoms with Crippen molar-refractivity contribution in [2.45, 2.75) is 0 Å². The molecule has 0 aliphatic heterocycles. The molecule has 3 aromatic heterocycles. The van der Waals surface area contributed by atoms with Crippen molar-refractivity contribution in [3.63, 3.8) is 0 Å². The molecule has 0 aliphatic rings. The minimum Gasteiger partial charge on any atom is -0.456 e. The molecule has 0 spiro atoms. The van der Waals surface area contributed by atoms with Gasteiger partial charge < -0.3 is 13.7 Å². The quantitative estimate of drug-likeness (QED) is 0.176. The molecule has 0 saturated heterocycles. The number of hydrogen-bond donors (Lipinski definition) is 0. The molecule has 0 fully saturated rings. The van der Waals surface area contributed by atoms with Crippen LogP contribution in [-0.2, 0) is 0 Å². The highest BCUT2D eigenvalue weighted by Gasteiger charge is 2.20. The molecular formula is C52H31NO2S. The predicted octanol–water partition coefficient (Wildman–Crippen LogP) is 15.8. The van der Waals surface area contributed by atoms with Crippen LogP contribution in [0.2, 0.25) is 0 Å². The summed E-state index contributed by atoms with van der Waals surface area (Å²) in [6.45, 7) is 0. The zero-order valence-corrected chi connectivity index (χ0v) is 30.9. The van der Waals surface area contributed by atoms with E-state index in [1.165, 1.54) is 31.3 Å². The van der Waals surface area contributed by atoms with E-state index in [1.807, 2.05) is 23.5 Å². The van der Waals surface area contributed by atoms with Gasteiger partial charge in [-0.2, -0.15) is 0 Å². The largest absolute Gasteiger partial charge is 0.456 e. The fraction of sp³-hybridized carbons (Fsp3) is 0. The van der Waals surface area contributed by atoms with E-state index >= 15 is 0 Å². The molecule has 12 rings (SSSR count). The van der Waals surface area contributed by atoms with E-state index in [0.717, 1.165) is 82.8 Å². The van der Waals surface area contributed by atoms with Crippen molar-refractivity contribution in [1.82, 2.24) is 0 Å². The van der Waals surface area contributed by atoms with Crippen LogP contribution in [-0.4, -0.2) is 0 Å². The summed E-state index contributed by atoms with van der Waals surface area (Å²) in [5, 5.41) is 9.32. The smallest absolute Gasteiger partial charge is 0.143 e. The lowest BCUT2D eigenvalue weighted by Gasteiger charge is -2.25. The molecule has 0 aliphatic carbocycles. The molecular weight excluding hydrogens is 703 g/mol. The summed E-state index contributed by atoms with van der Waals surface area (Å²) in [4.78, 5) is 2.31. The number of furan rings is 2. The molecule has 12 aromatic rings. The lowest BCUT2D eigenvalue weighted by molar-refractivity contribution is 0.669. The van der Waals surface area contributed by atoms with E-state index in [2.05, 4.69) is 181 Å². The van der Waals surface area contributed by atoms with Gasteiger partial charge in [-0.05, 0) is 77.2 Å². The second-order valence-corrected chi connectivity index (χ2v) is 15.5. The summed E-state index contributed by atoms with van der Waals surface area (Å²) in [5.74, 6) is 0. The van der Waals surface area contributed by atoms with Gasteiger partial charge in [0.1, 0.15) is 22.3 Å². The highest BCUT2D eigenvalue weighted by molar-refractivity contribution is 7.26. The van der Waals surface area contributed by atoms with Crippen LogP contribution in [0.4, 0.5) is 17.1 Å². The second kappa shape index (κ2) is 12.2. The first-order valence-corrected chi connectivity index (χ1v) is 19.7. The standard InChI is InChI=1S/C52H31NO2S/c1-2-12-33(13-3-1)53(35-28-29-48-45(30-35)37-15-6-8-22-47(37)54-48)34-26-24-32(25-27-34)44-31-46-41-19-10-18-40(50(41)55-51(46)39-17-5-4-14-36(39)44)43-21-11-20-42-38-16-7-9-23-49(38)56-52(42)43/h1-31H. The molecule has 0 atom stereocenters. The Kier molecular flexibility index (Phi) is 6.80. The maximum absolute atomic E-state index is 6.96. The van der Waals surface area contributed by atoms with E-state index in [0.29, 0.717) is 0 Å². The van der Waals surface area contributed by atoms with Gasteiger partial charge >= 0.3 is 0 Å². The highest BCUT2D eigenvalue weighted by Crippen LogP contribution is 2.46. The molecule has 0 radical (unpaired) electrons. The van der Waals surface area contributed by atoms with Gasteiger partial charge in [-0.15, -0.1) is 11.3 Å². The van der Waals surface area contributed by atoms with E-state index in [4.69, 9.17) is 8.83 Å². The first kappa shape index (κ1) is 31.2. The third kappa shape index (κ3) is 4.70. The molecule has 0 bridgehead atoms. The van der Waals surface area contributed by atoms with Gasteiger partial charge in [-0.25, -0.2) is 0 Å². The maximum Gasteiger partial charge on any atom is 0.143 e. The number of para-hydroxylation sites is 3. The average molecular weight is 734 g/mol. The van der Waals surface area contributed by atoms with Crippen molar-refractivity contribution in [2.24, 2.45) is 0 Å². The average Bonchev–Trinajstić information content (AvgIpc) is 3.96. The van der Waals surface area contributed by atoms with Crippen LogP contribution in [0.5, 0.6) is 0 Å². The highest BCUT2D eigenvalue weighted by atomic mass is 32.1. The van der Waals surface area contributed by atoms with Gasteiger partial charge in [0.25, 0.3) is 0 Å². The fourth-order valence-corrected chi connectivity index (χ4v) is 9.93. The Balaban J connectivity index is 1.01. The first-order valence-electron chi connectivity index (χ1n) is 18.9. The van der Waals surface area contributed by atoms with Gasteiger partial charge in [0, 0.05) is 75.3 Å². The number of rotatable bonds is 5. The van der Waals surface area contributed by atoms with Crippen LogP contribution >= 0.6 is 11.3 Å². The first-order chi connectivity index (χ1) is 27.8. The molecule has 262 valence electrons. The van der Waals surface area contributed by atoms with Gasteiger partial charge in [-0.1, -0.05) is 127 Å². The van der Waals surface area contributed by atoms with E-state index < -0.39 is 0 Å². The molecule has 0 saturated carbocycles. The molecule has 3 nitrogen and oxygen atoms in total. The van der Waals surface area contributed by atoms with Crippen molar-refractivity contribution in [2.75, 3.05) is 4.90 Å². The second-order valence-electron chi connectivity index (χ2n) is 14.4. The van der Waals surface area contributed by atoms with Crippen molar-refractivity contribution < 1.29 is 8.83 Å². The van der Waals surface area contributed by atoms with Crippen LogP contribution in [0.1, 0.15) is 0 Å². The molecule has 4 heteroatoms. The summed E-state index contributed by atoms with van der Waals surface area (Å²) >= 11 is 1.85. The summed E-state index contributed by atoms with van der Waals surface area (Å²) in [6.07, 6.45) is 0. The Bertz CT molecular complexity index is 3480. The lowest BCUT2D eigenvalue weighted by atomic mass is 9.94. The van der Waals surface area contributed by atoms with Crippen LogP contribution in [0, 0.1) is 0 Å². The number of anilines is 3. The van der Waals surface area contributed by atoms with Crippen molar-refractivity contribution in [1.29, 1.82) is 0 Å². The number of benzene rings is 9. The minimum absolute atomic E-state index is 0.886. The van der Waals surface area contributed by atoms with Crippen LogP contribution in [0.25, 0.3) is 97.1 Å². The number of fused-ring (bicyclic) bond motifs is 11. The van der Waals surface area contributed by atoms with Gasteiger partial charge in [0.2, 0.25) is 0 Å². The normalized spacial score (nSPS) is 11.9. The monoisotopic (exact) mass is 733 g/mol. The van der Waals surface area contributed by atoms with Gasteiger partial charge in [0.05, 0.1) is 0 Å². The van der Waals surface area contributed by atoms with Gasteiger partial charge in [0.15, 0.2) is 0 Å². The molecule has 0 unspecified atom stereocenters. The maximum atomic E-state index is 6.96. The third-order valence-electron chi connectivity index (χ3n) is 11.3. The zero-order chi connectivity index (χ0) is 36.7. The van der Waals surface area contributed by atoms with Crippen molar-refractivity contribution in [3.8, 4) is 22.3 Å². The molecule has 3 heterocycles. The van der Waals surface area contributed by atoms with Crippen molar-refractivity contribution >= 4 is 103 Å². The van der Waals surface area contributed by atoms with Crippen molar-refractivity contribution in [3.05, 3.63) is 188 Å². The summed E-state index contributed by atoms with van der Waals surface area (Å²) < 4.78 is 15.7. The number of nitrogens with zero attached hydrogens (tertiary/aromatic N) is 1. The summed E-state index contributed by atoms with van der Waals surface area (Å²) in [7, 11) is 0. The molecule has 56 heavy (non-hydrogen) atoms. The zero-order valence-electron chi connectivity index (χ0n) is 30.1. The topological polar surface area (TPSA) is 29.5 Å². The van der Waals surface area contributed by atoms with E-state index in [9.17, 15) is 0 Å². The van der Waals surface area contributed by atoms with Crippen LogP contribution < -0.4 is 4.90 Å². The Labute approximate surface area is 325 Å². The Morgan fingerprint density at radius 3 is 1.82 bits per heavy atom. The number of thiophene rings is 1. The fourth-order valence-electron chi connectivity index (χ4n) is 8.70. The molecule has 0 N–H and O–H groups in total. The van der Waals surface area contributed by atoms with Crippen LogP contribution in [0.15, 0.2) is 197 Å². The third-order valence-corrected chi connectivity index (χ3v) is 12.5. The molecule has 9 aromatic carbocycles. The lowest BCUT2D eigenvalue weighted by Crippen LogP contribution is -2.09. The Morgan fingerprint density at radius 2 is 0.964 bits per heavy atom. The van der Waals surface area contributed by atoms with Crippen LogP contribution in [0.3, 0.4) is 0 Å². The van der Waals surface area contributed by atoms with E-state index in [1.54, 1.807) is 0 Å². The predicted molar refractivity (Wildman–Crippen MR) is 237 cm³/mol. The Morgan fingerprint density at radius 1 is 0.339 bits per heavy atom. The Hall–Kier alpha value is -7.14. The SMILES string of the molecule is c1ccc(N(c2ccc(-c3cc4c5cccc(-c6cccc7c6sc6ccccc67)c5oc4c4ccccc34)cc2)c2ccc3oc4ccccc4c3c2)cc1. The minimum atomic E-state index is 0.886. The molecule has 0 amide bonds. The van der Waals surface area contributed by atoms with E-state index in [-0.39, 0.29) is 0 Å².